The van der Waals surface area contributed by atoms with Crippen molar-refractivity contribution in [2.45, 2.75) is 262 Å². The number of rotatable bonds is 40. The molecule has 11 nitrogen and oxygen atoms in total. The Bertz CT molecular complexity index is 1010. The van der Waals surface area contributed by atoms with Gasteiger partial charge in [0.05, 0.1) is 25.4 Å². The van der Waals surface area contributed by atoms with Crippen LogP contribution in [-0.4, -0.2) is 110 Å². The highest BCUT2D eigenvalue weighted by molar-refractivity contribution is 5.80. The molecule has 1 fully saturated rings. The van der Waals surface area contributed by atoms with Crippen LogP contribution in [0.15, 0.2) is 24.3 Å². The first-order chi connectivity index (χ1) is 28.7. The lowest BCUT2D eigenvalue weighted by molar-refractivity contribution is -0.303. The van der Waals surface area contributed by atoms with Crippen molar-refractivity contribution in [2.75, 3.05) is 13.2 Å². The van der Waals surface area contributed by atoms with Crippen LogP contribution in [-0.2, 0) is 14.3 Å². The van der Waals surface area contributed by atoms with Crippen molar-refractivity contribution in [3.05, 3.63) is 24.3 Å². The summed E-state index contributed by atoms with van der Waals surface area (Å²) >= 11 is 0. The summed E-state index contributed by atoms with van der Waals surface area (Å²) < 4.78 is 11.1. The normalized spacial score (nSPS) is 21.9. The van der Waals surface area contributed by atoms with E-state index in [1.165, 1.54) is 122 Å². The van der Waals surface area contributed by atoms with Gasteiger partial charge in [0.25, 0.3) is 0 Å². The molecule has 59 heavy (non-hydrogen) atoms. The topological polar surface area (TPSA) is 189 Å². The Hall–Kier alpha value is -1.41. The van der Waals surface area contributed by atoms with E-state index in [0.29, 0.717) is 19.3 Å². The predicted octanol–water partition coefficient (Wildman–Crippen LogP) is 8.23. The maximum absolute atomic E-state index is 13.1. The van der Waals surface area contributed by atoms with Crippen LogP contribution < -0.4 is 5.32 Å². The number of aliphatic hydroxyl groups excluding tert-OH is 7. The molecule has 0 radical (unpaired) electrons. The average molecular weight is 842 g/mol. The lowest BCUT2D eigenvalue weighted by Gasteiger charge is -2.40. The smallest absolute Gasteiger partial charge is 0.249 e. The van der Waals surface area contributed by atoms with Crippen molar-refractivity contribution in [2.24, 2.45) is 0 Å². The first-order valence-electron chi connectivity index (χ1n) is 24.2. The van der Waals surface area contributed by atoms with Gasteiger partial charge in [0, 0.05) is 0 Å². The molecule has 9 atom stereocenters. The summed E-state index contributed by atoms with van der Waals surface area (Å²) in [4.78, 5) is 13.1. The molecule has 0 bridgehead atoms. The molecule has 0 aliphatic carbocycles. The number of ether oxygens (including phenoxy) is 2. The van der Waals surface area contributed by atoms with Crippen molar-refractivity contribution in [3.63, 3.8) is 0 Å². The molecular weight excluding hydrogens is 751 g/mol. The number of hydrogen-bond acceptors (Lipinski definition) is 10. The van der Waals surface area contributed by atoms with Crippen LogP contribution in [0.1, 0.15) is 206 Å². The van der Waals surface area contributed by atoms with Gasteiger partial charge in [-0.1, -0.05) is 179 Å². The van der Waals surface area contributed by atoms with Crippen molar-refractivity contribution in [1.29, 1.82) is 0 Å². The molecule has 1 rings (SSSR count). The summed E-state index contributed by atoms with van der Waals surface area (Å²) in [6.45, 7) is 3.41. The van der Waals surface area contributed by atoms with E-state index in [-0.39, 0.29) is 12.8 Å². The van der Waals surface area contributed by atoms with E-state index < -0.39 is 74.2 Å². The summed E-state index contributed by atoms with van der Waals surface area (Å²) in [6, 6.07) is -1.19. The van der Waals surface area contributed by atoms with E-state index in [4.69, 9.17) is 9.47 Å². The molecule has 1 saturated heterocycles. The van der Waals surface area contributed by atoms with Gasteiger partial charge in [-0.05, 0) is 51.4 Å². The quantitative estimate of drug-likeness (QED) is 0.0221. The Morgan fingerprint density at radius 3 is 1.51 bits per heavy atom. The molecule has 0 spiro atoms. The van der Waals surface area contributed by atoms with Crippen LogP contribution in [0.3, 0.4) is 0 Å². The first-order valence-corrected chi connectivity index (χ1v) is 24.2. The van der Waals surface area contributed by atoms with Crippen molar-refractivity contribution in [1.82, 2.24) is 5.32 Å². The molecule has 0 aromatic carbocycles. The van der Waals surface area contributed by atoms with Gasteiger partial charge in [-0.15, -0.1) is 0 Å². The van der Waals surface area contributed by atoms with Gasteiger partial charge in [0.1, 0.15) is 36.6 Å². The van der Waals surface area contributed by atoms with Crippen molar-refractivity contribution in [3.8, 4) is 0 Å². The highest BCUT2D eigenvalue weighted by atomic mass is 16.7. The van der Waals surface area contributed by atoms with Gasteiger partial charge >= 0.3 is 0 Å². The number of hydrogen-bond donors (Lipinski definition) is 8. The van der Waals surface area contributed by atoms with E-state index in [1.807, 2.05) is 0 Å². The van der Waals surface area contributed by atoms with Crippen LogP contribution in [0.4, 0.5) is 0 Å². The van der Waals surface area contributed by atoms with Gasteiger partial charge in [-0.25, -0.2) is 0 Å². The number of carbonyl (C=O) groups is 1. The molecule has 8 N–H and O–H groups in total. The number of aliphatic hydroxyl groups is 7. The van der Waals surface area contributed by atoms with E-state index in [1.54, 1.807) is 0 Å². The van der Waals surface area contributed by atoms with Crippen LogP contribution in [0.25, 0.3) is 0 Å². The fourth-order valence-corrected chi connectivity index (χ4v) is 7.69. The molecule has 1 amide bonds. The minimum Gasteiger partial charge on any atom is -0.394 e. The van der Waals surface area contributed by atoms with E-state index in [9.17, 15) is 40.5 Å². The molecule has 0 saturated carbocycles. The third kappa shape index (κ3) is 28.0. The highest BCUT2D eigenvalue weighted by Gasteiger charge is 2.44. The van der Waals surface area contributed by atoms with E-state index in [0.717, 1.165) is 38.5 Å². The summed E-state index contributed by atoms with van der Waals surface area (Å²) in [7, 11) is 0. The zero-order chi connectivity index (χ0) is 43.4. The number of unbranched alkanes of at least 4 members (excludes halogenated alkanes) is 24. The lowest BCUT2D eigenvalue weighted by atomic mass is 9.98. The zero-order valence-corrected chi connectivity index (χ0v) is 37.5. The second kappa shape index (κ2) is 38.3. The van der Waals surface area contributed by atoms with Crippen LogP contribution >= 0.6 is 0 Å². The molecule has 348 valence electrons. The van der Waals surface area contributed by atoms with Gasteiger partial charge < -0.3 is 50.5 Å². The third-order valence-electron chi connectivity index (χ3n) is 11.7. The monoisotopic (exact) mass is 842 g/mol. The Morgan fingerprint density at radius 1 is 0.576 bits per heavy atom. The van der Waals surface area contributed by atoms with Crippen molar-refractivity contribution >= 4 is 5.91 Å². The molecular formula is C48H91NO10. The minimum atomic E-state index is -1.67. The molecule has 1 heterocycles. The number of carbonyl (C=O) groups excluding carboxylic acids is 1. The Kier molecular flexibility index (Phi) is 36.1. The third-order valence-corrected chi connectivity index (χ3v) is 11.7. The fourth-order valence-electron chi connectivity index (χ4n) is 7.69. The predicted molar refractivity (Wildman–Crippen MR) is 238 cm³/mol. The fraction of sp³-hybridized carbons (Fsp3) is 0.896. The number of amides is 1. The summed E-state index contributed by atoms with van der Waals surface area (Å²) in [6.07, 6.45) is 30.9. The van der Waals surface area contributed by atoms with Crippen molar-refractivity contribution < 1.29 is 50.0 Å². The second-order valence-corrected chi connectivity index (χ2v) is 17.2. The largest absolute Gasteiger partial charge is 0.394 e. The van der Waals surface area contributed by atoms with Gasteiger partial charge in [-0.3, -0.25) is 4.79 Å². The number of allylic oxidation sites excluding steroid dienone is 4. The van der Waals surface area contributed by atoms with E-state index in [2.05, 4.69) is 43.5 Å². The van der Waals surface area contributed by atoms with Gasteiger partial charge in [-0.2, -0.15) is 0 Å². The maximum Gasteiger partial charge on any atom is 0.249 e. The molecule has 1 aliphatic heterocycles. The molecule has 9 unspecified atom stereocenters. The molecule has 0 aromatic heterocycles. The minimum absolute atomic E-state index is 0.248. The van der Waals surface area contributed by atoms with Gasteiger partial charge in [0.15, 0.2) is 6.29 Å². The SMILES string of the molecule is CCCCCCCCCCCCC/C=C/CC/C=C/CCCC(O)C(O)C(COC1OC(CO)C(O)C(O)C1O)NC(=O)C(O)CCCCCCCCCCCCCC. The van der Waals surface area contributed by atoms with Gasteiger partial charge in [0.2, 0.25) is 5.91 Å². The van der Waals surface area contributed by atoms with Crippen LogP contribution in [0.5, 0.6) is 0 Å². The van der Waals surface area contributed by atoms with Crippen LogP contribution in [0, 0.1) is 0 Å². The highest BCUT2D eigenvalue weighted by Crippen LogP contribution is 2.23. The Balaban J connectivity index is 2.45. The number of nitrogens with one attached hydrogen (secondary N) is 1. The Morgan fingerprint density at radius 2 is 1.02 bits per heavy atom. The Labute approximate surface area is 359 Å². The van der Waals surface area contributed by atoms with E-state index >= 15 is 0 Å². The first kappa shape index (κ1) is 55.6. The summed E-state index contributed by atoms with van der Waals surface area (Å²) in [5, 5.41) is 75.6. The maximum atomic E-state index is 13.1. The van der Waals surface area contributed by atoms with Crippen LogP contribution in [0.2, 0.25) is 0 Å². The lowest BCUT2D eigenvalue weighted by Crippen LogP contribution is -2.60. The zero-order valence-electron chi connectivity index (χ0n) is 37.5. The standard InChI is InChI=1S/C48H91NO10/c1-3-5-7-9-11-13-15-17-18-19-20-21-22-23-24-26-27-29-31-33-35-40(51)43(53)39(38-58-48-46(56)45(55)44(54)42(37-50)59-48)49-47(57)41(52)36-34-32-30-28-25-16-14-12-10-8-6-4-2/h22-23,27,29,39-46,48,50-56H,3-21,24-26,28,30-38H2,1-2H3,(H,49,57)/b23-22+,29-27+. The average Bonchev–Trinajstić information content (AvgIpc) is 3.23. The molecule has 11 heteroatoms. The molecule has 0 aromatic rings. The summed E-state index contributed by atoms with van der Waals surface area (Å²) in [5.74, 6) is -0.711. The second-order valence-electron chi connectivity index (χ2n) is 17.2. The molecule has 1 aliphatic rings. The summed E-state index contributed by atoms with van der Waals surface area (Å²) in [5.41, 5.74) is 0.